The van der Waals surface area contributed by atoms with Crippen LogP contribution in [0, 0.1) is 12.7 Å². The summed E-state index contributed by atoms with van der Waals surface area (Å²) in [6.07, 6.45) is 0.645. The number of hydrogen-bond donors (Lipinski definition) is 1. The first-order valence-corrected chi connectivity index (χ1v) is 8.13. The van der Waals surface area contributed by atoms with Gasteiger partial charge in [0, 0.05) is 10.5 Å². The molecule has 21 heavy (non-hydrogen) atoms. The van der Waals surface area contributed by atoms with Crippen molar-refractivity contribution >= 4 is 27.5 Å². The molecular formula is C17H18BrClFN. The molecule has 1 N–H and O–H groups in total. The normalized spacial score (nSPS) is 12.4. The van der Waals surface area contributed by atoms with Crippen LogP contribution < -0.4 is 5.32 Å². The van der Waals surface area contributed by atoms with Crippen LogP contribution >= 0.6 is 27.5 Å². The molecule has 0 saturated carbocycles. The highest BCUT2D eigenvalue weighted by atomic mass is 79.9. The molecule has 2 rings (SSSR count). The lowest BCUT2D eigenvalue weighted by Crippen LogP contribution is -2.23. The molecule has 0 aliphatic rings. The topological polar surface area (TPSA) is 12.0 Å². The maximum atomic E-state index is 13.6. The molecule has 0 aromatic heterocycles. The number of hydrogen-bond acceptors (Lipinski definition) is 1. The molecule has 0 amide bonds. The van der Waals surface area contributed by atoms with E-state index in [0.29, 0.717) is 6.42 Å². The second-order valence-electron chi connectivity index (χ2n) is 5.01. The molecule has 1 unspecified atom stereocenters. The molecule has 2 aromatic rings. The zero-order chi connectivity index (χ0) is 15.4. The Hall–Kier alpha value is -0.900. The molecular weight excluding hydrogens is 353 g/mol. The summed E-state index contributed by atoms with van der Waals surface area (Å²) in [6.45, 7) is 4.95. The summed E-state index contributed by atoms with van der Waals surface area (Å²) in [5.74, 6) is -0.368. The Morgan fingerprint density at radius 2 is 1.95 bits per heavy atom. The Balaban J connectivity index is 2.35. The van der Waals surface area contributed by atoms with E-state index in [1.54, 1.807) is 6.07 Å². The predicted molar refractivity (Wildman–Crippen MR) is 90.4 cm³/mol. The molecule has 0 aliphatic heterocycles. The number of nitrogens with one attached hydrogen (secondary N) is 1. The first kappa shape index (κ1) is 16.5. The van der Waals surface area contributed by atoms with E-state index < -0.39 is 0 Å². The summed E-state index contributed by atoms with van der Waals surface area (Å²) in [5, 5.41) is 3.66. The minimum Gasteiger partial charge on any atom is -0.310 e. The largest absolute Gasteiger partial charge is 0.310 e. The zero-order valence-electron chi connectivity index (χ0n) is 12.1. The van der Waals surface area contributed by atoms with Crippen LogP contribution in [0.5, 0.6) is 0 Å². The molecule has 0 spiro atoms. The van der Waals surface area contributed by atoms with Gasteiger partial charge in [0.05, 0.1) is 5.02 Å². The van der Waals surface area contributed by atoms with Crippen LogP contribution in [0.25, 0.3) is 0 Å². The number of likely N-dealkylation sites (N-methyl/N-ethyl adjacent to an activating group) is 1. The van der Waals surface area contributed by atoms with Gasteiger partial charge in [-0.15, -0.1) is 0 Å². The van der Waals surface area contributed by atoms with E-state index >= 15 is 0 Å². The molecule has 0 saturated heterocycles. The van der Waals surface area contributed by atoms with Crippen molar-refractivity contribution in [2.75, 3.05) is 6.54 Å². The first-order valence-electron chi connectivity index (χ1n) is 6.95. The standard InChI is InChI=1S/C17H18BrClFN/c1-3-21-15(13-8-4-6-11(2)16(13)18)10-12-7-5-9-14(20)17(12)19/h4-9,15,21H,3,10H2,1-2H3. The van der Waals surface area contributed by atoms with E-state index in [2.05, 4.69) is 47.2 Å². The third-order valence-electron chi connectivity index (χ3n) is 3.50. The van der Waals surface area contributed by atoms with Gasteiger partial charge in [0.25, 0.3) is 0 Å². The van der Waals surface area contributed by atoms with Gasteiger partial charge in [-0.2, -0.15) is 0 Å². The van der Waals surface area contributed by atoms with Crippen molar-refractivity contribution in [1.29, 1.82) is 0 Å². The fourth-order valence-corrected chi connectivity index (χ4v) is 3.15. The van der Waals surface area contributed by atoms with Gasteiger partial charge in [0.2, 0.25) is 0 Å². The zero-order valence-corrected chi connectivity index (χ0v) is 14.4. The Bertz CT molecular complexity index is 630. The van der Waals surface area contributed by atoms with Crippen molar-refractivity contribution in [1.82, 2.24) is 5.32 Å². The van der Waals surface area contributed by atoms with Crippen molar-refractivity contribution in [3.05, 3.63) is 68.4 Å². The summed E-state index contributed by atoms with van der Waals surface area (Å²) in [5.41, 5.74) is 3.16. The second-order valence-corrected chi connectivity index (χ2v) is 6.18. The van der Waals surface area contributed by atoms with E-state index in [1.807, 2.05) is 12.1 Å². The van der Waals surface area contributed by atoms with Crippen molar-refractivity contribution in [2.45, 2.75) is 26.3 Å². The molecule has 112 valence electrons. The van der Waals surface area contributed by atoms with Crippen LogP contribution in [0.2, 0.25) is 5.02 Å². The highest BCUT2D eigenvalue weighted by molar-refractivity contribution is 9.10. The minimum absolute atomic E-state index is 0.0866. The summed E-state index contributed by atoms with van der Waals surface area (Å²) in [7, 11) is 0. The number of benzene rings is 2. The first-order chi connectivity index (χ1) is 10.0. The van der Waals surface area contributed by atoms with Crippen LogP contribution in [0.1, 0.15) is 29.7 Å². The van der Waals surface area contributed by atoms with Gasteiger partial charge < -0.3 is 5.32 Å². The van der Waals surface area contributed by atoms with Gasteiger partial charge in [0.1, 0.15) is 5.82 Å². The lowest BCUT2D eigenvalue weighted by Gasteiger charge is -2.21. The van der Waals surface area contributed by atoms with Gasteiger partial charge in [-0.1, -0.05) is 64.8 Å². The maximum absolute atomic E-state index is 13.6. The molecule has 0 heterocycles. The molecule has 4 heteroatoms. The number of rotatable bonds is 5. The van der Waals surface area contributed by atoms with Gasteiger partial charge in [0.15, 0.2) is 0 Å². The van der Waals surface area contributed by atoms with Gasteiger partial charge in [-0.3, -0.25) is 0 Å². The lowest BCUT2D eigenvalue weighted by atomic mass is 9.97. The van der Waals surface area contributed by atoms with Crippen molar-refractivity contribution in [3.8, 4) is 0 Å². The average Bonchev–Trinajstić information content (AvgIpc) is 2.46. The smallest absolute Gasteiger partial charge is 0.142 e. The second kappa shape index (κ2) is 7.39. The molecule has 0 aliphatic carbocycles. The van der Waals surface area contributed by atoms with E-state index in [0.717, 1.165) is 22.1 Å². The number of aryl methyl sites for hydroxylation is 1. The van der Waals surface area contributed by atoms with E-state index in [4.69, 9.17) is 11.6 Å². The van der Waals surface area contributed by atoms with Crippen molar-refractivity contribution in [2.24, 2.45) is 0 Å². The fraction of sp³-hybridized carbons (Fsp3) is 0.294. The van der Waals surface area contributed by atoms with Crippen molar-refractivity contribution < 1.29 is 4.39 Å². The van der Waals surface area contributed by atoms with Crippen molar-refractivity contribution in [3.63, 3.8) is 0 Å². The third kappa shape index (κ3) is 3.85. The van der Waals surface area contributed by atoms with Crippen LogP contribution in [-0.2, 0) is 6.42 Å². The lowest BCUT2D eigenvalue weighted by molar-refractivity contribution is 0.544. The van der Waals surface area contributed by atoms with E-state index in [9.17, 15) is 4.39 Å². The average molecular weight is 371 g/mol. The summed E-state index contributed by atoms with van der Waals surface area (Å²) in [4.78, 5) is 0. The molecule has 1 nitrogen and oxygen atoms in total. The summed E-state index contributed by atoms with van der Waals surface area (Å²) in [6, 6.07) is 11.2. The molecule has 0 fully saturated rings. The van der Waals surface area contributed by atoms with E-state index in [1.165, 1.54) is 11.6 Å². The highest BCUT2D eigenvalue weighted by Gasteiger charge is 2.17. The Kier molecular flexibility index (Phi) is 5.80. The third-order valence-corrected chi connectivity index (χ3v) is 5.01. The van der Waals surface area contributed by atoms with Crippen LogP contribution in [0.3, 0.4) is 0 Å². The van der Waals surface area contributed by atoms with Crippen LogP contribution in [0.4, 0.5) is 4.39 Å². The molecule has 2 aromatic carbocycles. The maximum Gasteiger partial charge on any atom is 0.142 e. The highest BCUT2D eigenvalue weighted by Crippen LogP contribution is 2.31. The Morgan fingerprint density at radius 3 is 2.67 bits per heavy atom. The van der Waals surface area contributed by atoms with E-state index in [-0.39, 0.29) is 16.9 Å². The van der Waals surface area contributed by atoms with Gasteiger partial charge >= 0.3 is 0 Å². The monoisotopic (exact) mass is 369 g/mol. The summed E-state index contributed by atoms with van der Waals surface area (Å²) >= 11 is 9.73. The quantitative estimate of drug-likeness (QED) is 0.738. The van der Waals surface area contributed by atoms with Gasteiger partial charge in [-0.25, -0.2) is 4.39 Å². The van der Waals surface area contributed by atoms with Gasteiger partial charge in [-0.05, 0) is 42.6 Å². The Labute approximate surface area is 138 Å². The number of halogens is 3. The SMILES string of the molecule is CCNC(Cc1cccc(F)c1Cl)c1cccc(C)c1Br. The minimum atomic E-state index is -0.368. The molecule has 0 bridgehead atoms. The summed E-state index contributed by atoms with van der Waals surface area (Å²) < 4.78 is 14.7. The van der Waals surface area contributed by atoms with Crippen LogP contribution in [0.15, 0.2) is 40.9 Å². The molecule has 0 radical (unpaired) electrons. The van der Waals surface area contributed by atoms with Crippen LogP contribution in [-0.4, -0.2) is 6.54 Å². The predicted octanol–water partition coefficient (Wildman–Crippen LogP) is 5.44. The Morgan fingerprint density at radius 1 is 1.24 bits per heavy atom. The fourth-order valence-electron chi connectivity index (χ4n) is 2.40. The molecule has 1 atom stereocenters.